The second kappa shape index (κ2) is 9.58. The van der Waals surface area contributed by atoms with Crippen molar-refractivity contribution in [1.82, 2.24) is 4.31 Å². The van der Waals surface area contributed by atoms with Gasteiger partial charge in [0.05, 0.1) is 23.7 Å². The Morgan fingerprint density at radius 3 is 2.72 bits per heavy atom. The topological polar surface area (TPSA) is 109 Å². The fourth-order valence-electron chi connectivity index (χ4n) is 3.91. The number of carbonyl (C=O) groups is 1. The SMILES string of the molecule is C[C@H]1CCc2c(sc(NC(=O)COc3ccc(S(=O)(=O)N4CCOCC4)cc3)c2C#N)C1. The van der Waals surface area contributed by atoms with Gasteiger partial charge in [-0.1, -0.05) is 6.92 Å². The molecule has 0 radical (unpaired) electrons. The number of nitriles is 1. The third kappa shape index (κ3) is 4.81. The van der Waals surface area contributed by atoms with Gasteiger partial charge in [-0.25, -0.2) is 8.42 Å². The number of sulfonamides is 1. The lowest BCUT2D eigenvalue weighted by atomic mass is 9.89. The molecule has 1 aliphatic carbocycles. The van der Waals surface area contributed by atoms with Crippen LogP contribution >= 0.6 is 11.3 Å². The molecule has 1 aromatic carbocycles. The summed E-state index contributed by atoms with van der Waals surface area (Å²) in [5.74, 6) is 0.605. The second-order valence-corrected chi connectivity index (χ2v) is 11.0. The summed E-state index contributed by atoms with van der Waals surface area (Å²) in [6, 6.07) is 8.24. The van der Waals surface area contributed by atoms with Crippen molar-refractivity contribution in [1.29, 1.82) is 5.26 Å². The molecular formula is C22H25N3O5S2. The number of thiophene rings is 1. The zero-order valence-electron chi connectivity index (χ0n) is 17.8. The summed E-state index contributed by atoms with van der Waals surface area (Å²) in [5, 5.41) is 12.9. The molecule has 0 unspecified atom stereocenters. The van der Waals surface area contributed by atoms with E-state index >= 15 is 0 Å². The summed E-state index contributed by atoms with van der Waals surface area (Å²) < 4.78 is 37.5. The van der Waals surface area contributed by atoms with Crippen LogP contribution in [0, 0.1) is 17.2 Å². The number of morpholine rings is 1. The van der Waals surface area contributed by atoms with Crippen molar-refractivity contribution in [3.63, 3.8) is 0 Å². The van der Waals surface area contributed by atoms with Gasteiger partial charge in [-0.15, -0.1) is 11.3 Å². The summed E-state index contributed by atoms with van der Waals surface area (Å²) in [6.07, 6.45) is 2.84. The Bertz CT molecular complexity index is 1130. The smallest absolute Gasteiger partial charge is 0.262 e. The highest BCUT2D eigenvalue weighted by molar-refractivity contribution is 7.89. The van der Waals surface area contributed by atoms with Crippen LogP contribution in [-0.2, 0) is 32.4 Å². The minimum absolute atomic E-state index is 0.174. The highest BCUT2D eigenvalue weighted by Gasteiger charge is 2.27. The van der Waals surface area contributed by atoms with Crippen molar-refractivity contribution in [2.24, 2.45) is 5.92 Å². The number of anilines is 1. The molecule has 2 aliphatic rings. The van der Waals surface area contributed by atoms with E-state index < -0.39 is 10.0 Å². The number of carbonyl (C=O) groups excluding carboxylic acids is 1. The molecule has 2 heterocycles. The van der Waals surface area contributed by atoms with E-state index in [9.17, 15) is 18.5 Å². The normalized spacial score (nSPS) is 19.1. The Kier molecular flexibility index (Phi) is 6.81. The molecule has 1 N–H and O–H groups in total. The lowest BCUT2D eigenvalue weighted by Crippen LogP contribution is -2.40. The molecule has 1 amide bonds. The molecule has 32 heavy (non-hydrogen) atoms. The summed E-state index contributed by atoms with van der Waals surface area (Å²) in [7, 11) is -3.57. The van der Waals surface area contributed by atoms with Crippen molar-refractivity contribution in [3.05, 3.63) is 40.3 Å². The molecule has 10 heteroatoms. The summed E-state index contributed by atoms with van der Waals surface area (Å²) in [4.78, 5) is 13.8. The first-order valence-electron chi connectivity index (χ1n) is 10.5. The first-order chi connectivity index (χ1) is 15.4. The Labute approximate surface area is 191 Å². The van der Waals surface area contributed by atoms with Crippen LogP contribution in [0.1, 0.15) is 29.3 Å². The van der Waals surface area contributed by atoms with Crippen molar-refractivity contribution >= 4 is 32.3 Å². The third-order valence-corrected chi connectivity index (χ3v) is 8.76. The molecule has 0 bridgehead atoms. The highest BCUT2D eigenvalue weighted by atomic mass is 32.2. The average molecular weight is 476 g/mol. The summed E-state index contributed by atoms with van der Waals surface area (Å²) in [5.41, 5.74) is 1.62. The number of hydrogen-bond acceptors (Lipinski definition) is 7. The molecule has 1 aliphatic heterocycles. The van der Waals surface area contributed by atoms with Gasteiger partial charge in [0.25, 0.3) is 5.91 Å². The van der Waals surface area contributed by atoms with Gasteiger partial charge in [0.15, 0.2) is 6.61 Å². The number of amides is 1. The second-order valence-electron chi connectivity index (χ2n) is 7.99. The van der Waals surface area contributed by atoms with E-state index in [1.54, 1.807) is 0 Å². The average Bonchev–Trinajstić information content (AvgIpc) is 3.14. The number of benzene rings is 1. The van der Waals surface area contributed by atoms with Crippen LogP contribution in [0.2, 0.25) is 0 Å². The van der Waals surface area contributed by atoms with Gasteiger partial charge in [0, 0.05) is 18.0 Å². The van der Waals surface area contributed by atoms with Gasteiger partial charge in [0.1, 0.15) is 16.8 Å². The zero-order valence-corrected chi connectivity index (χ0v) is 19.4. The van der Waals surface area contributed by atoms with Crippen LogP contribution in [0.25, 0.3) is 0 Å². The predicted molar refractivity (Wildman–Crippen MR) is 120 cm³/mol. The number of nitrogens with zero attached hydrogens (tertiary/aromatic N) is 2. The van der Waals surface area contributed by atoms with Gasteiger partial charge < -0.3 is 14.8 Å². The number of rotatable bonds is 6. The Balaban J connectivity index is 1.36. The van der Waals surface area contributed by atoms with E-state index in [-0.39, 0.29) is 17.4 Å². The van der Waals surface area contributed by atoms with Crippen LogP contribution in [0.15, 0.2) is 29.2 Å². The van der Waals surface area contributed by atoms with Gasteiger partial charge >= 0.3 is 0 Å². The minimum Gasteiger partial charge on any atom is -0.484 e. The Morgan fingerprint density at radius 2 is 2.03 bits per heavy atom. The van der Waals surface area contributed by atoms with E-state index in [4.69, 9.17) is 9.47 Å². The van der Waals surface area contributed by atoms with E-state index in [0.717, 1.165) is 24.8 Å². The van der Waals surface area contributed by atoms with Crippen LogP contribution in [0.4, 0.5) is 5.00 Å². The van der Waals surface area contributed by atoms with Gasteiger partial charge in [-0.05, 0) is 55.0 Å². The van der Waals surface area contributed by atoms with Crippen molar-refractivity contribution in [2.75, 3.05) is 38.2 Å². The number of nitrogens with one attached hydrogen (secondary N) is 1. The van der Waals surface area contributed by atoms with Crippen LogP contribution in [0.3, 0.4) is 0 Å². The lowest BCUT2D eigenvalue weighted by Gasteiger charge is -2.26. The number of ether oxygens (including phenoxy) is 2. The first-order valence-corrected chi connectivity index (χ1v) is 12.8. The molecule has 8 nitrogen and oxygen atoms in total. The Hall–Kier alpha value is -2.45. The third-order valence-electron chi connectivity index (χ3n) is 5.68. The van der Waals surface area contributed by atoms with Crippen molar-refractivity contribution in [2.45, 2.75) is 31.1 Å². The monoisotopic (exact) mass is 475 g/mol. The largest absolute Gasteiger partial charge is 0.484 e. The van der Waals surface area contributed by atoms with Crippen molar-refractivity contribution < 1.29 is 22.7 Å². The maximum atomic E-state index is 12.7. The number of hydrogen-bond donors (Lipinski definition) is 1. The fourth-order valence-corrected chi connectivity index (χ4v) is 6.70. The molecule has 1 aromatic heterocycles. The highest BCUT2D eigenvalue weighted by Crippen LogP contribution is 2.39. The molecule has 1 saturated heterocycles. The molecule has 0 saturated carbocycles. The number of fused-ring (bicyclic) bond motifs is 1. The molecular weight excluding hydrogens is 450 g/mol. The van der Waals surface area contributed by atoms with Crippen LogP contribution < -0.4 is 10.1 Å². The van der Waals surface area contributed by atoms with Crippen LogP contribution in [-0.4, -0.2) is 51.5 Å². The van der Waals surface area contributed by atoms with Crippen molar-refractivity contribution in [3.8, 4) is 11.8 Å². The first kappa shape index (κ1) is 22.7. The van der Waals surface area contributed by atoms with Crippen LogP contribution in [0.5, 0.6) is 5.75 Å². The Morgan fingerprint density at radius 1 is 1.31 bits per heavy atom. The van der Waals surface area contributed by atoms with E-state index in [1.165, 1.54) is 44.8 Å². The van der Waals surface area contributed by atoms with E-state index in [2.05, 4.69) is 18.3 Å². The zero-order chi connectivity index (χ0) is 22.7. The maximum absolute atomic E-state index is 12.7. The fraction of sp³-hybridized carbons (Fsp3) is 0.455. The molecule has 170 valence electrons. The van der Waals surface area contributed by atoms with E-state index in [0.29, 0.717) is 48.5 Å². The van der Waals surface area contributed by atoms with Gasteiger partial charge in [-0.3, -0.25) is 4.79 Å². The molecule has 0 spiro atoms. The molecule has 2 aromatic rings. The molecule has 1 atom stereocenters. The van der Waals surface area contributed by atoms with Gasteiger partial charge in [-0.2, -0.15) is 9.57 Å². The lowest BCUT2D eigenvalue weighted by molar-refractivity contribution is -0.118. The summed E-state index contributed by atoms with van der Waals surface area (Å²) in [6.45, 7) is 3.38. The minimum atomic E-state index is -3.57. The maximum Gasteiger partial charge on any atom is 0.262 e. The van der Waals surface area contributed by atoms with Gasteiger partial charge in [0.2, 0.25) is 10.0 Å². The molecule has 1 fully saturated rings. The quantitative estimate of drug-likeness (QED) is 0.688. The van der Waals surface area contributed by atoms with E-state index in [1.807, 2.05) is 0 Å². The standard InChI is InChI=1S/C22H25N3O5S2/c1-15-2-7-18-19(13-23)22(31-20(18)12-15)24-21(26)14-30-16-3-5-17(6-4-16)32(27,28)25-8-10-29-11-9-25/h3-6,15H,2,7-12,14H2,1H3,(H,24,26)/t15-/m0/s1. The predicted octanol–water partition coefficient (Wildman–Crippen LogP) is 2.78. The molecule has 4 rings (SSSR count). The summed E-state index contributed by atoms with van der Waals surface area (Å²) >= 11 is 1.47.